The second-order valence-electron chi connectivity index (χ2n) is 6.50. The van der Waals surface area contributed by atoms with Gasteiger partial charge in [-0.15, -0.1) is 11.3 Å². The van der Waals surface area contributed by atoms with Crippen molar-refractivity contribution in [2.24, 2.45) is 14.1 Å². The number of amides is 1. The third-order valence-corrected chi connectivity index (χ3v) is 6.03. The van der Waals surface area contributed by atoms with Crippen LogP contribution in [0, 0.1) is 0 Å². The number of carbonyl (C=O) groups excluding carboxylic acids is 1. The molecule has 4 rings (SSSR count). The number of thiazole rings is 1. The lowest BCUT2D eigenvalue weighted by Gasteiger charge is -2.04. The quantitative estimate of drug-likeness (QED) is 0.481. The first-order valence-electron chi connectivity index (χ1n) is 8.60. The van der Waals surface area contributed by atoms with Crippen LogP contribution in [-0.4, -0.2) is 30.2 Å². The lowest BCUT2D eigenvalue weighted by molar-refractivity contribution is -0.115. The highest BCUT2D eigenvalue weighted by Gasteiger charge is 2.18. The maximum absolute atomic E-state index is 12.5. The number of nitrogens with one attached hydrogen (secondary N) is 2. The Kier molecular flexibility index (Phi) is 5.22. The third kappa shape index (κ3) is 3.53. The molecule has 0 radical (unpaired) electrons. The van der Waals surface area contributed by atoms with Gasteiger partial charge in [0, 0.05) is 25.0 Å². The van der Waals surface area contributed by atoms with Crippen molar-refractivity contribution in [1.82, 2.24) is 24.3 Å². The number of nitrogens with zero attached hydrogens (tertiary/aromatic N) is 4. The van der Waals surface area contributed by atoms with Gasteiger partial charge in [-0.1, -0.05) is 29.3 Å². The number of benzene rings is 1. The molecule has 3 aromatic heterocycles. The maximum atomic E-state index is 12.5. The molecule has 4 aromatic rings. The summed E-state index contributed by atoms with van der Waals surface area (Å²) in [4.78, 5) is 41.4. The summed E-state index contributed by atoms with van der Waals surface area (Å²) in [6, 6.07) is 5.15. The normalized spacial score (nSPS) is 11.2. The molecule has 12 heteroatoms. The van der Waals surface area contributed by atoms with E-state index >= 15 is 0 Å². The van der Waals surface area contributed by atoms with Gasteiger partial charge >= 0.3 is 5.69 Å². The highest BCUT2D eigenvalue weighted by Crippen LogP contribution is 2.30. The molecule has 0 saturated heterocycles. The van der Waals surface area contributed by atoms with Crippen LogP contribution in [0.5, 0.6) is 0 Å². The molecular formula is C18H14Cl2N6O3S. The first-order valence-corrected chi connectivity index (χ1v) is 10.2. The Morgan fingerprint density at radius 3 is 2.70 bits per heavy atom. The molecule has 0 aliphatic rings. The number of aryl methyl sites for hydroxylation is 1. The Hall–Kier alpha value is -2.95. The molecule has 0 spiro atoms. The van der Waals surface area contributed by atoms with Crippen molar-refractivity contribution >= 4 is 56.6 Å². The number of H-pyrrole nitrogens is 1. The fraction of sp³-hybridized carbons (Fsp3) is 0.167. The highest BCUT2D eigenvalue weighted by molar-refractivity contribution is 7.14. The minimum atomic E-state index is -0.513. The van der Waals surface area contributed by atoms with Crippen molar-refractivity contribution in [2.45, 2.75) is 6.42 Å². The first kappa shape index (κ1) is 20.3. The summed E-state index contributed by atoms with van der Waals surface area (Å²) >= 11 is 13.2. The number of anilines is 1. The van der Waals surface area contributed by atoms with E-state index in [-0.39, 0.29) is 23.4 Å². The molecule has 30 heavy (non-hydrogen) atoms. The Morgan fingerprint density at radius 2 is 1.97 bits per heavy atom. The van der Waals surface area contributed by atoms with Gasteiger partial charge in [-0.05, 0) is 12.1 Å². The van der Waals surface area contributed by atoms with Crippen LogP contribution in [0.3, 0.4) is 0 Å². The zero-order chi connectivity index (χ0) is 21.6. The topological polar surface area (TPSA) is 115 Å². The summed E-state index contributed by atoms with van der Waals surface area (Å²) in [7, 11) is 2.88. The molecular weight excluding hydrogens is 451 g/mol. The Morgan fingerprint density at radius 1 is 1.20 bits per heavy atom. The van der Waals surface area contributed by atoms with E-state index in [1.807, 2.05) is 0 Å². The van der Waals surface area contributed by atoms with E-state index in [2.05, 4.69) is 20.5 Å². The van der Waals surface area contributed by atoms with Crippen LogP contribution in [0.1, 0.15) is 5.69 Å². The van der Waals surface area contributed by atoms with Crippen molar-refractivity contribution in [1.29, 1.82) is 0 Å². The van der Waals surface area contributed by atoms with Gasteiger partial charge in [0.15, 0.2) is 10.8 Å². The van der Waals surface area contributed by atoms with Gasteiger partial charge in [-0.2, -0.15) is 5.10 Å². The molecule has 154 valence electrons. The van der Waals surface area contributed by atoms with Crippen molar-refractivity contribution in [3.05, 3.63) is 60.2 Å². The van der Waals surface area contributed by atoms with Gasteiger partial charge in [0.1, 0.15) is 5.39 Å². The molecule has 0 fully saturated rings. The van der Waals surface area contributed by atoms with E-state index in [0.717, 1.165) is 10.1 Å². The molecule has 0 saturated carbocycles. The van der Waals surface area contributed by atoms with E-state index in [4.69, 9.17) is 23.2 Å². The van der Waals surface area contributed by atoms with Crippen molar-refractivity contribution in [2.75, 3.05) is 5.32 Å². The molecule has 0 bridgehead atoms. The smallest absolute Gasteiger partial charge is 0.302 e. The Balaban J connectivity index is 1.56. The molecule has 0 aliphatic carbocycles. The van der Waals surface area contributed by atoms with Gasteiger partial charge < -0.3 is 5.32 Å². The third-order valence-electron chi connectivity index (χ3n) is 4.54. The Labute approximate surface area is 182 Å². The van der Waals surface area contributed by atoms with E-state index in [0.29, 0.717) is 26.6 Å². The van der Waals surface area contributed by atoms with E-state index in [9.17, 15) is 14.4 Å². The van der Waals surface area contributed by atoms with E-state index < -0.39 is 11.2 Å². The number of hydrogen-bond acceptors (Lipinski definition) is 6. The molecule has 2 N–H and O–H groups in total. The van der Waals surface area contributed by atoms with Crippen LogP contribution >= 0.6 is 34.5 Å². The van der Waals surface area contributed by atoms with Gasteiger partial charge in [-0.3, -0.25) is 23.8 Å². The average Bonchev–Trinajstić information content (AvgIpc) is 3.34. The number of hydrogen-bond donors (Lipinski definition) is 2. The summed E-state index contributed by atoms with van der Waals surface area (Å²) in [5.41, 5.74) is 0.922. The molecule has 1 amide bonds. The molecule has 0 aliphatic heterocycles. The summed E-state index contributed by atoms with van der Waals surface area (Å²) in [6.07, 6.45) is -0.133. The number of aromatic amines is 1. The largest absolute Gasteiger partial charge is 0.332 e. The minimum Gasteiger partial charge on any atom is -0.302 e. The fourth-order valence-electron chi connectivity index (χ4n) is 2.98. The molecule has 9 nitrogen and oxygen atoms in total. The van der Waals surface area contributed by atoms with E-state index in [1.54, 1.807) is 23.6 Å². The summed E-state index contributed by atoms with van der Waals surface area (Å²) in [5.74, 6) is -0.383. The monoisotopic (exact) mass is 464 g/mol. The summed E-state index contributed by atoms with van der Waals surface area (Å²) in [5, 5.41) is 12.6. The predicted octanol–water partition coefficient (Wildman–Crippen LogP) is 2.57. The second-order valence-corrected chi connectivity index (χ2v) is 8.17. The van der Waals surface area contributed by atoms with Crippen molar-refractivity contribution in [3.63, 3.8) is 0 Å². The SMILES string of the molecule is Cn1c(=O)c2c(CC(=O)Nc3nc(-c4ccc(Cl)c(Cl)c4)cs3)[nH]nc2n(C)c1=O. The number of fused-ring (bicyclic) bond motifs is 1. The molecule has 3 heterocycles. The Bertz CT molecular complexity index is 1420. The number of halogens is 2. The highest BCUT2D eigenvalue weighted by atomic mass is 35.5. The lowest BCUT2D eigenvalue weighted by atomic mass is 10.2. The maximum Gasteiger partial charge on any atom is 0.332 e. The fourth-order valence-corrected chi connectivity index (χ4v) is 4.01. The van der Waals surface area contributed by atoms with Crippen LogP contribution in [-0.2, 0) is 25.3 Å². The van der Waals surface area contributed by atoms with Crippen molar-refractivity contribution in [3.8, 4) is 11.3 Å². The molecule has 1 aromatic carbocycles. The van der Waals surface area contributed by atoms with Crippen LogP contribution in [0.4, 0.5) is 5.13 Å². The number of aromatic nitrogens is 5. The second kappa shape index (κ2) is 7.71. The predicted molar refractivity (Wildman–Crippen MR) is 116 cm³/mol. The van der Waals surface area contributed by atoms with Crippen LogP contribution in [0.2, 0.25) is 10.0 Å². The minimum absolute atomic E-state index is 0.133. The van der Waals surface area contributed by atoms with Gasteiger partial charge in [-0.25, -0.2) is 9.78 Å². The van der Waals surface area contributed by atoms with Crippen molar-refractivity contribution < 1.29 is 4.79 Å². The summed E-state index contributed by atoms with van der Waals surface area (Å²) in [6.45, 7) is 0. The van der Waals surface area contributed by atoms with Gasteiger partial charge in [0.2, 0.25) is 5.91 Å². The van der Waals surface area contributed by atoms with Crippen LogP contribution in [0.15, 0.2) is 33.2 Å². The van der Waals surface area contributed by atoms with Gasteiger partial charge in [0.25, 0.3) is 5.56 Å². The number of rotatable bonds is 4. The zero-order valence-corrected chi connectivity index (χ0v) is 18.0. The molecule has 0 atom stereocenters. The van der Waals surface area contributed by atoms with Crippen LogP contribution < -0.4 is 16.6 Å². The lowest BCUT2D eigenvalue weighted by Crippen LogP contribution is -2.37. The standard InChI is InChI=1S/C18H14Cl2N6O3S/c1-25-15-14(16(28)26(2)18(25)29)11(23-24-15)6-13(27)22-17-21-12(7-30-17)8-3-4-9(19)10(20)5-8/h3-5,7H,6H2,1-2H3,(H,23,24)(H,21,22,27). The zero-order valence-electron chi connectivity index (χ0n) is 15.7. The average molecular weight is 465 g/mol. The number of carbonyl (C=O) groups is 1. The van der Waals surface area contributed by atoms with Crippen LogP contribution in [0.25, 0.3) is 22.3 Å². The molecule has 0 unspecified atom stereocenters. The summed E-state index contributed by atoms with van der Waals surface area (Å²) < 4.78 is 2.22. The van der Waals surface area contributed by atoms with Gasteiger partial charge in [0.05, 0.1) is 27.9 Å². The van der Waals surface area contributed by atoms with E-state index in [1.165, 1.54) is 30.0 Å². The first-order chi connectivity index (χ1) is 14.3.